The predicted octanol–water partition coefficient (Wildman–Crippen LogP) is 3.67. The molecule has 0 aliphatic rings. The lowest BCUT2D eigenvalue weighted by Gasteiger charge is -2.21. The molecule has 0 bridgehead atoms. The van der Waals surface area contributed by atoms with Crippen molar-refractivity contribution < 1.29 is 4.79 Å². The number of nitrogens with two attached hydrogens (primary N) is 1. The largest absolute Gasteiger partial charge is 0.351 e. The molecule has 0 spiro atoms. The third kappa shape index (κ3) is 4.10. The molecule has 5 heteroatoms. The molecule has 0 aliphatic carbocycles. The highest BCUT2D eigenvalue weighted by molar-refractivity contribution is 6.42. The molecular weight excluding hydrogens is 259 g/mol. The van der Waals surface area contributed by atoms with Gasteiger partial charge in [-0.25, -0.2) is 4.79 Å². The van der Waals surface area contributed by atoms with Gasteiger partial charge < -0.3 is 10.6 Å². The van der Waals surface area contributed by atoms with Crippen LogP contribution in [0.15, 0.2) is 18.2 Å². The normalized spacial score (nSPS) is 10.3. The first-order chi connectivity index (χ1) is 8.06. The Morgan fingerprint density at radius 1 is 1.41 bits per heavy atom. The van der Waals surface area contributed by atoms with Gasteiger partial charge in [-0.3, -0.25) is 0 Å². The molecule has 0 heterocycles. The van der Waals surface area contributed by atoms with Crippen molar-refractivity contribution >= 4 is 29.2 Å². The fraction of sp³-hybridized carbons (Fsp3) is 0.417. The number of halogens is 2. The van der Waals surface area contributed by atoms with Crippen LogP contribution < -0.4 is 5.73 Å². The van der Waals surface area contributed by atoms with Crippen LogP contribution in [0.2, 0.25) is 10.0 Å². The van der Waals surface area contributed by atoms with Crippen molar-refractivity contribution in [1.29, 1.82) is 0 Å². The molecule has 1 aromatic rings. The second-order valence-corrected chi connectivity index (χ2v) is 4.61. The fourth-order valence-corrected chi connectivity index (χ4v) is 1.87. The van der Waals surface area contributed by atoms with Crippen LogP contribution in [-0.2, 0) is 6.54 Å². The molecule has 0 aromatic heterocycles. The van der Waals surface area contributed by atoms with Gasteiger partial charge in [0.15, 0.2) is 0 Å². The van der Waals surface area contributed by atoms with E-state index in [1.54, 1.807) is 11.0 Å². The van der Waals surface area contributed by atoms with Crippen molar-refractivity contribution in [1.82, 2.24) is 4.90 Å². The van der Waals surface area contributed by atoms with Crippen molar-refractivity contribution in [2.75, 3.05) is 6.54 Å². The Morgan fingerprint density at radius 2 is 2.12 bits per heavy atom. The number of benzene rings is 1. The zero-order valence-corrected chi connectivity index (χ0v) is 11.3. The van der Waals surface area contributed by atoms with Crippen LogP contribution in [0.25, 0.3) is 0 Å². The Bertz CT molecular complexity index is 396. The minimum absolute atomic E-state index is 0.398. The van der Waals surface area contributed by atoms with Gasteiger partial charge in [-0.2, -0.15) is 0 Å². The van der Waals surface area contributed by atoms with Gasteiger partial charge in [0.25, 0.3) is 0 Å². The lowest BCUT2D eigenvalue weighted by Crippen LogP contribution is -2.36. The average Bonchev–Trinajstić information content (AvgIpc) is 2.29. The smallest absolute Gasteiger partial charge is 0.315 e. The zero-order valence-electron chi connectivity index (χ0n) is 9.75. The summed E-state index contributed by atoms with van der Waals surface area (Å²) in [7, 11) is 0. The number of nitrogens with zero attached hydrogens (tertiary/aromatic N) is 1. The molecule has 17 heavy (non-hydrogen) atoms. The van der Waals surface area contributed by atoms with E-state index in [-0.39, 0.29) is 0 Å². The van der Waals surface area contributed by atoms with Crippen LogP contribution >= 0.6 is 23.2 Å². The summed E-state index contributed by atoms with van der Waals surface area (Å²) < 4.78 is 0. The summed E-state index contributed by atoms with van der Waals surface area (Å²) in [5.74, 6) is 0. The molecule has 2 N–H and O–H groups in total. The second-order valence-electron chi connectivity index (χ2n) is 3.83. The van der Waals surface area contributed by atoms with Gasteiger partial charge in [-0.15, -0.1) is 0 Å². The maximum Gasteiger partial charge on any atom is 0.315 e. The lowest BCUT2D eigenvalue weighted by atomic mass is 10.2. The number of primary amides is 1. The van der Waals surface area contributed by atoms with Gasteiger partial charge in [0.1, 0.15) is 0 Å². The van der Waals surface area contributed by atoms with E-state index in [1.165, 1.54) is 0 Å². The molecule has 2 amide bonds. The summed E-state index contributed by atoms with van der Waals surface area (Å²) in [6.45, 7) is 3.09. The van der Waals surface area contributed by atoms with Crippen LogP contribution in [0.3, 0.4) is 0 Å². The first kappa shape index (κ1) is 14.1. The zero-order chi connectivity index (χ0) is 12.8. The molecule has 0 unspecified atom stereocenters. The summed E-state index contributed by atoms with van der Waals surface area (Å²) in [6, 6.07) is 4.93. The third-order valence-electron chi connectivity index (χ3n) is 2.49. The van der Waals surface area contributed by atoms with Crippen molar-refractivity contribution in [3.8, 4) is 0 Å². The Labute approximate surface area is 111 Å². The van der Waals surface area contributed by atoms with E-state index < -0.39 is 6.03 Å². The topological polar surface area (TPSA) is 46.3 Å². The van der Waals surface area contributed by atoms with Crippen LogP contribution in [0.4, 0.5) is 4.79 Å². The highest BCUT2D eigenvalue weighted by Gasteiger charge is 2.12. The molecule has 0 fully saturated rings. The standard InChI is InChI=1S/C12H16Cl2N2O/c1-2-3-7-16(12(15)17)8-9-5-4-6-10(13)11(9)14/h4-6H,2-3,7-8H2,1H3,(H2,15,17). The van der Waals surface area contributed by atoms with E-state index in [9.17, 15) is 4.79 Å². The number of hydrogen-bond acceptors (Lipinski definition) is 1. The number of carbonyl (C=O) groups excluding carboxylic acids is 1. The summed E-state index contributed by atoms with van der Waals surface area (Å²) in [4.78, 5) is 12.8. The third-order valence-corrected chi connectivity index (χ3v) is 3.34. The van der Waals surface area contributed by atoms with Crippen molar-refractivity contribution in [2.24, 2.45) is 5.73 Å². The average molecular weight is 275 g/mol. The number of carbonyl (C=O) groups is 1. The van der Waals surface area contributed by atoms with Gasteiger partial charge in [0, 0.05) is 13.1 Å². The predicted molar refractivity (Wildman–Crippen MR) is 71.4 cm³/mol. The molecule has 94 valence electrons. The number of rotatable bonds is 5. The van der Waals surface area contributed by atoms with E-state index in [2.05, 4.69) is 6.92 Å². The SMILES string of the molecule is CCCCN(Cc1cccc(Cl)c1Cl)C(N)=O. The van der Waals surface area contributed by atoms with E-state index in [1.807, 2.05) is 12.1 Å². The van der Waals surface area contributed by atoms with Crippen molar-refractivity contribution in [3.63, 3.8) is 0 Å². The number of urea groups is 1. The second kappa shape index (κ2) is 6.72. The van der Waals surface area contributed by atoms with Gasteiger partial charge in [-0.05, 0) is 18.1 Å². The van der Waals surface area contributed by atoms with E-state index in [4.69, 9.17) is 28.9 Å². The Balaban J connectivity index is 2.78. The monoisotopic (exact) mass is 274 g/mol. The summed E-state index contributed by atoms with van der Waals surface area (Å²) in [5.41, 5.74) is 6.14. The van der Waals surface area contributed by atoms with Crippen LogP contribution in [0.5, 0.6) is 0 Å². The maximum absolute atomic E-state index is 11.3. The van der Waals surface area contributed by atoms with Gasteiger partial charge in [0.2, 0.25) is 0 Å². The molecule has 0 saturated heterocycles. The molecule has 1 aromatic carbocycles. The molecule has 0 atom stereocenters. The van der Waals surface area contributed by atoms with E-state index in [0.717, 1.165) is 18.4 Å². The summed E-state index contributed by atoms with van der Waals surface area (Å²) in [5, 5.41) is 0.973. The van der Waals surface area contributed by atoms with Gasteiger partial charge in [-0.1, -0.05) is 48.7 Å². The number of hydrogen-bond donors (Lipinski definition) is 1. The quantitative estimate of drug-likeness (QED) is 0.875. The highest BCUT2D eigenvalue weighted by atomic mass is 35.5. The van der Waals surface area contributed by atoms with Gasteiger partial charge in [0.05, 0.1) is 10.0 Å². The summed E-state index contributed by atoms with van der Waals surface area (Å²) >= 11 is 12.0. The molecule has 3 nitrogen and oxygen atoms in total. The van der Waals surface area contributed by atoms with E-state index in [0.29, 0.717) is 23.1 Å². The Hall–Kier alpha value is -0.930. The Kier molecular flexibility index (Phi) is 5.59. The summed E-state index contributed by atoms with van der Waals surface area (Å²) in [6.07, 6.45) is 1.92. The molecule has 0 saturated carbocycles. The first-order valence-electron chi connectivity index (χ1n) is 5.53. The molecule has 1 rings (SSSR count). The minimum atomic E-state index is -0.436. The number of unbranched alkanes of at least 4 members (excludes halogenated alkanes) is 1. The molecular formula is C12H16Cl2N2O. The van der Waals surface area contributed by atoms with Gasteiger partial charge >= 0.3 is 6.03 Å². The molecule has 0 radical (unpaired) electrons. The van der Waals surface area contributed by atoms with Crippen LogP contribution in [0.1, 0.15) is 25.3 Å². The first-order valence-corrected chi connectivity index (χ1v) is 6.29. The van der Waals surface area contributed by atoms with Crippen LogP contribution in [-0.4, -0.2) is 17.5 Å². The highest BCUT2D eigenvalue weighted by Crippen LogP contribution is 2.26. The maximum atomic E-state index is 11.3. The minimum Gasteiger partial charge on any atom is -0.351 e. The van der Waals surface area contributed by atoms with Crippen LogP contribution in [0, 0.1) is 0 Å². The van der Waals surface area contributed by atoms with Crippen molar-refractivity contribution in [2.45, 2.75) is 26.3 Å². The number of amides is 2. The molecule has 0 aliphatic heterocycles. The Morgan fingerprint density at radius 3 is 2.71 bits per heavy atom. The van der Waals surface area contributed by atoms with E-state index >= 15 is 0 Å². The van der Waals surface area contributed by atoms with Crippen molar-refractivity contribution in [3.05, 3.63) is 33.8 Å². The lowest BCUT2D eigenvalue weighted by molar-refractivity contribution is 0.204. The fourth-order valence-electron chi connectivity index (χ4n) is 1.49.